The average molecular weight is 228 g/mol. The maximum Gasteiger partial charge on any atom is 0.245 e. The Bertz CT molecular complexity index is 266. The summed E-state index contributed by atoms with van der Waals surface area (Å²) in [4.78, 5) is 25.0. The van der Waals surface area contributed by atoms with Crippen LogP contribution in [0.4, 0.5) is 0 Å². The molecule has 0 aromatic rings. The predicted octanol–water partition coefficient (Wildman–Crippen LogP) is 0.00590. The molecule has 1 fully saturated rings. The monoisotopic (exact) mass is 228 g/mol. The van der Waals surface area contributed by atoms with Gasteiger partial charge in [0.05, 0.1) is 13.2 Å². The summed E-state index contributed by atoms with van der Waals surface area (Å²) < 4.78 is 5.19. The van der Waals surface area contributed by atoms with E-state index in [2.05, 4.69) is 5.32 Å². The van der Waals surface area contributed by atoms with Crippen LogP contribution in [-0.2, 0) is 14.3 Å². The third-order valence-electron chi connectivity index (χ3n) is 2.61. The van der Waals surface area contributed by atoms with Crippen LogP contribution in [0, 0.1) is 5.92 Å². The van der Waals surface area contributed by atoms with Crippen molar-refractivity contribution in [3.05, 3.63) is 0 Å². The van der Waals surface area contributed by atoms with Gasteiger partial charge in [0.15, 0.2) is 0 Å². The van der Waals surface area contributed by atoms with Crippen molar-refractivity contribution in [1.29, 1.82) is 0 Å². The topological polar surface area (TPSA) is 58.6 Å². The zero-order valence-corrected chi connectivity index (χ0v) is 10.2. The number of nitrogens with zero attached hydrogens (tertiary/aromatic N) is 1. The molecule has 1 atom stereocenters. The van der Waals surface area contributed by atoms with E-state index in [1.807, 2.05) is 20.8 Å². The minimum Gasteiger partial charge on any atom is -0.380 e. The van der Waals surface area contributed by atoms with Crippen LogP contribution in [0.15, 0.2) is 0 Å². The molecule has 5 heteroatoms. The Morgan fingerprint density at radius 3 is 2.75 bits per heavy atom. The van der Waals surface area contributed by atoms with Gasteiger partial charge < -0.3 is 15.0 Å². The van der Waals surface area contributed by atoms with Crippen LogP contribution in [0.2, 0.25) is 0 Å². The minimum atomic E-state index is -0.386. The van der Waals surface area contributed by atoms with Gasteiger partial charge in [0.25, 0.3) is 0 Å². The molecule has 1 rings (SSSR count). The number of amides is 2. The minimum absolute atomic E-state index is 0.00527. The number of hydrogen-bond acceptors (Lipinski definition) is 3. The zero-order valence-electron chi connectivity index (χ0n) is 10.2. The lowest BCUT2D eigenvalue weighted by atomic mass is 10.0. The van der Waals surface area contributed by atoms with Crippen LogP contribution < -0.4 is 5.32 Å². The number of piperazine rings is 1. The van der Waals surface area contributed by atoms with Crippen LogP contribution in [0.5, 0.6) is 0 Å². The van der Waals surface area contributed by atoms with Crippen LogP contribution in [0.25, 0.3) is 0 Å². The molecule has 0 bridgehead atoms. The molecule has 1 saturated heterocycles. The van der Waals surface area contributed by atoms with Crippen molar-refractivity contribution < 1.29 is 14.3 Å². The Kier molecular flexibility index (Phi) is 4.73. The van der Waals surface area contributed by atoms with Crippen LogP contribution in [0.3, 0.4) is 0 Å². The standard InChI is InChI=1S/C11H20N2O3/c1-4-16-6-5-13-7-9(14)12-10(8(2)3)11(13)15/h8,10H,4-7H2,1-3H3,(H,12,14). The first kappa shape index (κ1) is 13.0. The predicted molar refractivity (Wildman–Crippen MR) is 59.8 cm³/mol. The third kappa shape index (κ3) is 3.20. The zero-order chi connectivity index (χ0) is 12.1. The van der Waals surface area contributed by atoms with E-state index < -0.39 is 0 Å². The molecule has 1 aliphatic heterocycles. The fourth-order valence-electron chi connectivity index (χ4n) is 1.69. The van der Waals surface area contributed by atoms with Crippen LogP contribution >= 0.6 is 0 Å². The number of rotatable bonds is 5. The van der Waals surface area contributed by atoms with Gasteiger partial charge in [-0.1, -0.05) is 13.8 Å². The lowest BCUT2D eigenvalue weighted by molar-refractivity contribution is -0.146. The fraction of sp³-hybridized carbons (Fsp3) is 0.818. The van der Waals surface area contributed by atoms with E-state index >= 15 is 0 Å². The van der Waals surface area contributed by atoms with Gasteiger partial charge in [0.1, 0.15) is 6.04 Å². The van der Waals surface area contributed by atoms with E-state index in [0.29, 0.717) is 19.8 Å². The molecule has 0 aromatic heterocycles. The normalized spacial score (nSPS) is 21.5. The molecule has 0 radical (unpaired) electrons. The van der Waals surface area contributed by atoms with Gasteiger partial charge in [-0.3, -0.25) is 9.59 Å². The summed E-state index contributed by atoms with van der Waals surface area (Å²) >= 11 is 0. The van der Waals surface area contributed by atoms with E-state index in [1.54, 1.807) is 4.90 Å². The second kappa shape index (κ2) is 5.84. The number of carbonyl (C=O) groups excluding carboxylic acids is 2. The average Bonchev–Trinajstić information content (AvgIpc) is 2.22. The van der Waals surface area contributed by atoms with E-state index in [-0.39, 0.29) is 30.3 Å². The lowest BCUT2D eigenvalue weighted by Gasteiger charge is -2.34. The first-order valence-corrected chi connectivity index (χ1v) is 5.72. The summed E-state index contributed by atoms with van der Waals surface area (Å²) in [7, 11) is 0. The largest absolute Gasteiger partial charge is 0.380 e. The van der Waals surface area contributed by atoms with Crippen molar-refractivity contribution >= 4 is 11.8 Å². The second-order valence-corrected chi connectivity index (χ2v) is 4.25. The number of carbonyl (C=O) groups is 2. The summed E-state index contributed by atoms with van der Waals surface area (Å²) in [5.41, 5.74) is 0. The van der Waals surface area contributed by atoms with Gasteiger partial charge in [0.2, 0.25) is 11.8 Å². The maximum absolute atomic E-state index is 12.0. The Labute approximate surface area is 96.1 Å². The van der Waals surface area contributed by atoms with Crippen molar-refractivity contribution in [2.45, 2.75) is 26.8 Å². The molecule has 1 aliphatic rings. The van der Waals surface area contributed by atoms with E-state index in [1.165, 1.54) is 0 Å². The lowest BCUT2D eigenvalue weighted by Crippen LogP contribution is -2.60. The highest BCUT2D eigenvalue weighted by Gasteiger charge is 2.33. The molecule has 16 heavy (non-hydrogen) atoms. The highest BCUT2D eigenvalue weighted by Crippen LogP contribution is 2.10. The third-order valence-corrected chi connectivity index (χ3v) is 2.61. The quantitative estimate of drug-likeness (QED) is 0.674. The summed E-state index contributed by atoms with van der Waals surface area (Å²) in [5.74, 6) is 0.0236. The number of nitrogens with one attached hydrogen (secondary N) is 1. The molecular formula is C11H20N2O3. The van der Waals surface area contributed by atoms with Crippen molar-refractivity contribution in [3.8, 4) is 0 Å². The number of ether oxygens (including phenoxy) is 1. The summed E-state index contributed by atoms with van der Waals surface area (Å²) in [6.45, 7) is 7.51. The fourth-order valence-corrected chi connectivity index (χ4v) is 1.69. The molecule has 0 aliphatic carbocycles. The Balaban J connectivity index is 2.55. The molecule has 92 valence electrons. The van der Waals surface area contributed by atoms with Crippen LogP contribution in [-0.4, -0.2) is 49.1 Å². The van der Waals surface area contributed by atoms with Crippen LogP contribution in [0.1, 0.15) is 20.8 Å². The highest BCUT2D eigenvalue weighted by molar-refractivity contribution is 5.94. The first-order valence-electron chi connectivity index (χ1n) is 5.72. The second-order valence-electron chi connectivity index (χ2n) is 4.25. The van der Waals surface area contributed by atoms with Gasteiger partial charge in [-0.05, 0) is 12.8 Å². The smallest absolute Gasteiger partial charge is 0.245 e. The molecule has 1 N–H and O–H groups in total. The van der Waals surface area contributed by atoms with E-state index in [0.717, 1.165) is 0 Å². The van der Waals surface area contributed by atoms with E-state index in [4.69, 9.17) is 4.74 Å². The molecule has 2 amide bonds. The molecule has 0 spiro atoms. The van der Waals surface area contributed by atoms with E-state index in [9.17, 15) is 9.59 Å². The maximum atomic E-state index is 12.0. The van der Waals surface area contributed by atoms with Gasteiger partial charge in [-0.15, -0.1) is 0 Å². The molecule has 1 unspecified atom stereocenters. The Morgan fingerprint density at radius 2 is 2.19 bits per heavy atom. The highest BCUT2D eigenvalue weighted by atomic mass is 16.5. The molecule has 0 aromatic carbocycles. The van der Waals surface area contributed by atoms with Crippen molar-refractivity contribution in [3.63, 3.8) is 0 Å². The number of hydrogen-bond donors (Lipinski definition) is 1. The van der Waals surface area contributed by atoms with Gasteiger partial charge in [-0.2, -0.15) is 0 Å². The summed E-state index contributed by atoms with van der Waals surface area (Å²) in [6.07, 6.45) is 0. The SMILES string of the molecule is CCOCCN1CC(=O)NC(C(C)C)C1=O. The van der Waals surface area contributed by atoms with Gasteiger partial charge in [-0.25, -0.2) is 0 Å². The van der Waals surface area contributed by atoms with Crippen molar-refractivity contribution in [2.75, 3.05) is 26.3 Å². The van der Waals surface area contributed by atoms with Gasteiger partial charge in [0, 0.05) is 13.2 Å². The molecular weight excluding hydrogens is 208 g/mol. The first-order chi connectivity index (χ1) is 7.56. The summed E-state index contributed by atoms with van der Waals surface area (Å²) in [5, 5.41) is 2.72. The Morgan fingerprint density at radius 1 is 1.50 bits per heavy atom. The summed E-state index contributed by atoms with van der Waals surface area (Å²) in [6, 6.07) is -0.386. The van der Waals surface area contributed by atoms with Gasteiger partial charge >= 0.3 is 0 Å². The van der Waals surface area contributed by atoms with Crippen molar-refractivity contribution in [2.24, 2.45) is 5.92 Å². The Hall–Kier alpha value is -1.10. The molecule has 0 saturated carbocycles. The van der Waals surface area contributed by atoms with Crippen molar-refractivity contribution in [1.82, 2.24) is 10.2 Å². The molecule has 5 nitrogen and oxygen atoms in total. The molecule has 1 heterocycles.